The summed E-state index contributed by atoms with van der Waals surface area (Å²) in [6.07, 6.45) is 0.0989. The van der Waals surface area contributed by atoms with Crippen LogP contribution in [-0.4, -0.2) is 78.6 Å². The molecule has 2 amide bonds. The molecular weight excluding hydrogens is 508 g/mol. The Labute approximate surface area is 229 Å². The van der Waals surface area contributed by atoms with Gasteiger partial charge in [0.2, 0.25) is 11.8 Å². The highest BCUT2D eigenvalue weighted by atomic mass is 16.5. The van der Waals surface area contributed by atoms with Crippen LogP contribution in [0.25, 0.3) is 0 Å². The van der Waals surface area contributed by atoms with Gasteiger partial charge in [-0.3, -0.25) is 24.0 Å². The topological polar surface area (TPSA) is 168 Å². The highest BCUT2D eigenvalue weighted by Gasteiger charge is 2.31. The molecule has 11 nitrogen and oxygen atoms in total. The maximum Gasteiger partial charge on any atom is 0.305 e. The van der Waals surface area contributed by atoms with Crippen LogP contribution in [-0.2, 0) is 39.9 Å². The van der Waals surface area contributed by atoms with Gasteiger partial charge in [-0.15, -0.1) is 0 Å². The average molecular weight is 551 g/mol. The number of ketones is 2. The van der Waals surface area contributed by atoms with Crippen molar-refractivity contribution in [2.45, 2.75) is 71.4 Å². The third-order valence-corrected chi connectivity index (χ3v) is 5.94. The summed E-state index contributed by atoms with van der Waals surface area (Å²) in [7, 11) is 1.54. The van der Waals surface area contributed by atoms with E-state index in [-0.39, 0.29) is 36.7 Å². The van der Waals surface area contributed by atoms with Crippen LogP contribution in [0.15, 0.2) is 24.3 Å². The zero-order valence-electron chi connectivity index (χ0n) is 23.2. The Morgan fingerprint density at radius 3 is 2.13 bits per heavy atom. The van der Waals surface area contributed by atoms with Gasteiger partial charge < -0.3 is 30.3 Å². The number of amides is 2. The van der Waals surface area contributed by atoms with Crippen LogP contribution < -0.4 is 10.6 Å². The number of methoxy groups -OCH3 is 1. The van der Waals surface area contributed by atoms with Crippen molar-refractivity contribution in [1.82, 2.24) is 10.6 Å². The predicted molar refractivity (Wildman–Crippen MR) is 143 cm³/mol. The molecule has 3 atom stereocenters. The zero-order valence-corrected chi connectivity index (χ0v) is 23.2. The number of carboxylic acid groups (broad SMARTS) is 1. The Bertz CT molecular complexity index is 947. The van der Waals surface area contributed by atoms with Gasteiger partial charge in [0.25, 0.3) is 0 Å². The molecule has 0 bridgehead atoms. The van der Waals surface area contributed by atoms with E-state index >= 15 is 0 Å². The number of nitrogens with one attached hydrogen (secondary N) is 2. The molecule has 11 heteroatoms. The molecule has 0 unspecified atom stereocenters. The van der Waals surface area contributed by atoms with Crippen LogP contribution in [0.1, 0.15) is 58.4 Å². The number of aliphatic carboxylic acids is 1. The molecule has 0 aliphatic rings. The number of carboxylic acids is 1. The monoisotopic (exact) mass is 550 g/mol. The number of ether oxygens (including phenoxy) is 2. The quantitative estimate of drug-likeness (QED) is 0.178. The molecule has 0 saturated heterocycles. The van der Waals surface area contributed by atoms with E-state index in [0.29, 0.717) is 38.2 Å². The summed E-state index contributed by atoms with van der Waals surface area (Å²) < 4.78 is 10.2. The van der Waals surface area contributed by atoms with Crippen molar-refractivity contribution >= 4 is 29.4 Å². The Morgan fingerprint density at radius 1 is 0.897 bits per heavy atom. The summed E-state index contributed by atoms with van der Waals surface area (Å²) >= 11 is 0. The summed E-state index contributed by atoms with van der Waals surface area (Å²) in [5.41, 5.74) is 0.711. The number of phenols is 1. The van der Waals surface area contributed by atoms with E-state index < -0.39 is 48.0 Å². The lowest BCUT2D eigenvalue weighted by Gasteiger charge is -2.24. The number of rotatable bonds is 20. The minimum absolute atomic E-state index is 0.0240. The average Bonchev–Trinajstić information content (AvgIpc) is 2.85. The lowest BCUT2D eigenvalue weighted by Crippen LogP contribution is -2.47. The number of aromatic hydroxyl groups is 1. The summed E-state index contributed by atoms with van der Waals surface area (Å²) in [6.45, 7) is 6.14. The molecule has 39 heavy (non-hydrogen) atoms. The van der Waals surface area contributed by atoms with Crippen LogP contribution in [0, 0.1) is 11.8 Å². The number of Topliss-reactive ketones (excluding diaryl/α,β-unsaturated/α-hetero) is 2. The number of carbonyl (C=O) groups excluding carboxylic acids is 4. The van der Waals surface area contributed by atoms with Gasteiger partial charge in [0.1, 0.15) is 5.75 Å². The van der Waals surface area contributed by atoms with E-state index in [1.54, 1.807) is 19.2 Å². The lowest BCUT2D eigenvalue weighted by molar-refractivity contribution is -0.141. The van der Waals surface area contributed by atoms with E-state index in [9.17, 15) is 34.2 Å². The van der Waals surface area contributed by atoms with E-state index in [0.717, 1.165) is 0 Å². The van der Waals surface area contributed by atoms with E-state index in [4.69, 9.17) is 9.47 Å². The Morgan fingerprint density at radius 2 is 1.56 bits per heavy atom. The zero-order chi connectivity index (χ0) is 29.4. The molecule has 1 aromatic rings. The number of carbonyl (C=O) groups is 5. The highest BCUT2D eigenvalue weighted by Crippen LogP contribution is 2.20. The molecule has 218 valence electrons. The fourth-order valence-corrected chi connectivity index (χ4v) is 4.07. The van der Waals surface area contributed by atoms with Crippen molar-refractivity contribution in [1.29, 1.82) is 0 Å². The van der Waals surface area contributed by atoms with Gasteiger partial charge in [-0.2, -0.15) is 0 Å². The SMILES string of the molecule is COCCOCCCC(=O)[C@H](CC(=O)O)NC(=O)[C@@H](CC(=O)[C@H](Cc1ccc(O)cc1)NC(C)=O)CC(C)C. The molecular formula is C28H42N2O9. The Balaban J connectivity index is 2.94. The number of benzene rings is 1. The molecule has 0 heterocycles. The van der Waals surface area contributed by atoms with Crippen LogP contribution in [0.5, 0.6) is 5.75 Å². The number of phenolic OH excluding ortho intramolecular Hbond substituents is 1. The van der Waals surface area contributed by atoms with Gasteiger partial charge in [0.05, 0.1) is 31.7 Å². The molecule has 0 aliphatic heterocycles. The van der Waals surface area contributed by atoms with Crippen molar-refractivity contribution < 1.29 is 43.7 Å². The van der Waals surface area contributed by atoms with Crippen molar-refractivity contribution in [3.8, 4) is 5.75 Å². The first-order valence-electron chi connectivity index (χ1n) is 13.1. The summed E-state index contributed by atoms with van der Waals surface area (Å²) in [6, 6.07) is 4.10. The fraction of sp³-hybridized carbons (Fsp3) is 0.607. The van der Waals surface area contributed by atoms with Crippen molar-refractivity contribution in [2.75, 3.05) is 26.9 Å². The highest BCUT2D eigenvalue weighted by molar-refractivity contribution is 5.95. The second kappa shape index (κ2) is 18.1. The first kappa shape index (κ1) is 33.7. The Hall–Kier alpha value is -3.31. The molecule has 0 radical (unpaired) electrons. The smallest absolute Gasteiger partial charge is 0.305 e. The first-order chi connectivity index (χ1) is 18.4. The van der Waals surface area contributed by atoms with Gasteiger partial charge in [-0.1, -0.05) is 26.0 Å². The third-order valence-electron chi connectivity index (χ3n) is 5.94. The van der Waals surface area contributed by atoms with Crippen LogP contribution in [0.3, 0.4) is 0 Å². The maximum absolute atomic E-state index is 13.3. The van der Waals surface area contributed by atoms with Gasteiger partial charge in [-0.25, -0.2) is 0 Å². The molecule has 1 aromatic carbocycles. The van der Waals surface area contributed by atoms with E-state index in [2.05, 4.69) is 10.6 Å². The molecule has 0 fully saturated rings. The molecule has 1 rings (SSSR count). The summed E-state index contributed by atoms with van der Waals surface area (Å²) in [4.78, 5) is 62.4. The summed E-state index contributed by atoms with van der Waals surface area (Å²) in [5, 5.41) is 24.0. The first-order valence-corrected chi connectivity index (χ1v) is 13.1. The normalized spacial score (nSPS) is 13.4. The molecule has 0 spiro atoms. The molecule has 0 aromatic heterocycles. The van der Waals surface area contributed by atoms with Crippen LogP contribution in [0.4, 0.5) is 0 Å². The third kappa shape index (κ3) is 14.4. The molecule has 4 N–H and O–H groups in total. The minimum atomic E-state index is -1.24. The second-order valence-electron chi connectivity index (χ2n) is 9.95. The van der Waals surface area contributed by atoms with Crippen LogP contribution >= 0.6 is 0 Å². The summed E-state index contributed by atoms with van der Waals surface area (Å²) in [5.74, 6) is -3.75. The van der Waals surface area contributed by atoms with Gasteiger partial charge in [0, 0.05) is 39.4 Å². The van der Waals surface area contributed by atoms with Gasteiger partial charge >= 0.3 is 5.97 Å². The van der Waals surface area contributed by atoms with Crippen LogP contribution in [0.2, 0.25) is 0 Å². The molecule has 0 aliphatic carbocycles. The Kier molecular flexibility index (Phi) is 15.6. The number of hydrogen-bond acceptors (Lipinski definition) is 8. The lowest BCUT2D eigenvalue weighted by atomic mass is 9.88. The number of hydrogen-bond donors (Lipinski definition) is 4. The van der Waals surface area contributed by atoms with E-state index in [1.807, 2.05) is 13.8 Å². The minimum Gasteiger partial charge on any atom is -0.508 e. The second-order valence-corrected chi connectivity index (χ2v) is 9.95. The van der Waals surface area contributed by atoms with E-state index in [1.165, 1.54) is 19.1 Å². The fourth-order valence-electron chi connectivity index (χ4n) is 4.07. The standard InChI is InChI=1S/C28H42N2O9/c1-18(2)14-21(16-26(34)23(29-19(3)31)15-20-7-9-22(32)10-8-20)28(37)30-24(17-27(35)36)25(33)6-5-11-39-13-12-38-4/h7-10,18,21,23-24,32H,5-6,11-17H2,1-4H3,(H,29,31)(H,30,37)(H,35,36)/t21-,23+,24+/m1/s1. The molecule has 0 saturated carbocycles. The van der Waals surface area contributed by atoms with Crippen molar-refractivity contribution in [2.24, 2.45) is 11.8 Å². The maximum atomic E-state index is 13.3. The van der Waals surface area contributed by atoms with Crippen molar-refractivity contribution in [3.05, 3.63) is 29.8 Å². The predicted octanol–water partition coefficient (Wildman–Crippen LogP) is 2.03. The van der Waals surface area contributed by atoms with Gasteiger partial charge in [-0.05, 0) is 42.9 Å². The largest absolute Gasteiger partial charge is 0.508 e. The van der Waals surface area contributed by atoms with Crippen molar-refractivity contribution in [3.63, 3.8) is 0 Å². The van der Waals surface area contributed by atoms with Gasteiger partial charge in [0.15, 0.2) is 11.6 Å².